The number of fused-ring (bicyclic) bond motifs is 2. The minimum atomic E-state index is -0.0594. The summed E-state index contributed by atoms with van der Waals surface area (Å²) >= 11 is 0. The van der Waals surface area contributed by atoms with Crippen molar-refractivity contribution in [3.8, 4) is 0 Å². The molecule has 0 aromatic carbocycles. The van der Waals surface area contributed by atoms with Gasteiger partial charge in [0.25, 0.3) is 0 Å². The van der Waals surface area contributed by atoms with E-state index in [9.17, 15) is 9.59 Å². The second-order valence-corrected chi connectivity index (χ2v) is 8.25. The van der Waals surface area contributed by atoms with E-state index in [0.29, 0.717) is 43.6 Å². The van der Waals surface area contributed by atoms with Gasteiger partial charge in [-0.2, -0.15) is 0 Å². The number of carbonyl (C=O) groups excluding carboxylic acids is 2. The van der Waals surface area contributed by atoms with Crippen LogP contribution in [0.3, 0.4) is 0 Å². The zero-order valence-corrected chi connectivity index (χ0v) is 17.8. The predicted molar refractivity (Wildman–Crippen MR) is 114 cm³/mol. The normalized spacial score (nSPS) is 29.0. The van der Waals surface area contributed by atoms with Crippen LogP contribution >= 0.6 is 24.8 Å². The van der Waals surface area contributed by atoms with E-state index in [1.165, 1.54) is 6.42 Å². The molecule has 156 valence electrons. The zero-order chi connectivity index (χ0) is 18.3. The fourth-order valence-corrected chi connectivity index (χ4v) is 5.05. The number of halogens is 2. The highest BCUT2D eigenvalue weighted by atomic mass is 35.5. The molecular weight excluding hydrogens is 399 g/mol. The number of hydrogen-bond acceptors (Lipinski definition) is 4. The number of nitrogens with zero attached hydrogens (tertiary/aromatic N) is 2. The highest BCUT2D eigenvalue weighted by Crippen LogP contribution is 2.48. The molecule has 1 saturated heterocycles. The monoisotopic (exact) mass is 428 g/mol. The third-order valence-electron chi connectivity index (χ3n) is 6.61. The van der Waals surface area contributed by atoms with Gasteiger partial charge in [-0.15, -0.1) is 24.8 Å². The lowest BCUT2D eigenvalue weighted by atomic mass is 9.83. The van der Waals surface area contributed by atoms with Crippen molar-refractivity contribution >= 4 is 42.4 Å². The lowest BCUT2D eigenvalue weighted by Crippen LogP contribution is -2.50. The average Bonchev–Trinajstić information content (AvgIpc) is 3.24. The number of carbonyl (C=O) groups is 2. The number of amides is 2. The van der Waals surface area contributed by atoms with Crippen LogP contribution in [-0.2, 0) is 9.59 Å². The Labute approximate surface area is 178 Å². The van der Waals surface area contributed by atoms with Crippen LogP contribution in [0.2, 0.25) is 0 Å². The second-order valence-electron chi connectivity index (χ2n) is 8.25. The second kappa shape index (κ2) is 9.42. The van der Waals surface area contributed by atoms with Gasteiger partial charge in [-0.3, -0.25) is 9.59 Å². The van der Waals surface area contributed by atoms with Crippen molar-refractivity contribution in [2.45, 2.75) is 45.1 Å². The van der Waals surface area contributed by atoms with Crippen molar-refractivity contribution in [1.82, 2.24) is 9.88 Å². The van der Waals surface area contributed by atoms with E-state index in [2.05, 4.69) is 10.3 Å². The number of aryl methyl sites for hydroxylation is 1. The van der Waals surface area contributed by atoms with Crippen molar-refractivity contribution in [2.24, 2.45) is 29.4 Å². The van der Waals surface area contributed by atoms with E-state index >= 15 is 0 Å². The van der Waals surface area contributed by atoms with Crippen LogP contribution in [0.4, 0.5) is 5.82 Å². The third-order valence-corrected chi connectivity index (χ3v) is 6.61. The Morgan fingerprint density at radius 3 is 2.36 bits per heavy atom. The molecule has 2 amide bonds. The number of likely N-dealkylation sites (tertiary alicyclic amines) is 1. The molecule has 1 aromatic rings. The van der Waals surface area contributed by atoms with Crippen LogP contribution in [0.15, 0.2) is 18.3 Å². The Balaban J connectivity index is 0.00000140. The number of nitrogens with two attached hydrogens (primary N) is 1. The number of piperidine rings is 1. The molecular formula is C20H30Cl2N4O2. The molecule has 0 radical (unpaired) electrons. The summed E-state index contributed by atoms with van der Waals surface area (Å²) in [5, 5.41) is 2.89. The first-order valence-corrected chi connectivity index (χ1v) is 9.81. The Morgan fingerprint density at radius 1 is 1.11 bits per heavy atom. The first-order valence-electron chi connectivity index (χ1n) is 9.81. The maximum Gasteiger partial charge on any atom is 0.228 e. The molecule has 2 saturated carbocycles. The molecule has 2 heterocycles. The highest BCUT2D eigenvalue weighted by Gasteiger charge is 2.50. The maximum atomic E-state index is 12.9. The first kappa shape index (κ1) is 22.9. The molecule has 2 aliphatic carbocycles. The van der Waals surface area contributed by atoms with Gasteiger partial charge < -0.3 is 16.0 Å². The lowest BCUT2D eigenvalue weighted by Gasteiger charge is -2.36. The molecule has 3 aliphatic rings. The van der Waals surface area contributed by atoms with Crippen LogP contribution in [0.5, 0.6) is 0 Å². The Morgan fingerprint density at radius 2 is 1.79 bits per heavy atom. The molecule has 2 bridgehead atoms. The third kappa shape index (κ3) is 4.44. The van der Waals surface area contributed by atoms with E-state index in [1.54, 1.807) is 6.20 Å². The van der Waals surface area contributed by atoms with E-state index in [-0.39, 0.29) is 54.5 Å². The van der Waals surface area contributed by atoms with Gasteiger partial charge in [0, 0.05) is 31.2 Å². The van der Waals surface area contributed by atoms with Gasteiger partial charge in [0.05, 0.1) is 5.92 Å². The standard InChI is InChI=1S/C20H28N4O2.2ClH/c1-12-2-5-16(22-11-12)23-19(25)13-6-8-24(9-7-13)20(26)17-14-3-4-15(10-14)18(17)21;;/h2,5,11,13-15,17-18H,3-4,6-10,21H2,1H3,(H,22,23,25);2*1H. The van der Waals surface area contributed by atoms with Crippen molar-refractivity contribution in [2.75, 3.05) is 18.4 Å². The molecule has 8 heteroatoms. The maximum absolute atomic E-state index is 12.9. The molecule has 1 aliphatic heterocycles. The molecule has 0 spiro atoms. The van der Waals surface area contributed by atoms with Crippen molar-refractivity contribution < 1.29 is 9.59 Å². The fraction of sp³-hybridized carbons (Fsp3) is 0.650. The van der Waals surface area contributed by atoms with Gasteiger partial charge in [-0.1, -0.05) is 6.07 Å². The molecule has 28 heavy (non-hydrogen) atoms. The molecule has 4 atom stereocenters. The molecule has 6 nitrogen and oxygen atoms in total. The van der Waals surface area contributed by atoms with E-state index in [0.717, 1.165) is 18.4 Å². The summed E-state index contributed by atoms with van der Waals surface area (Å²) in [6.45, 7) is 3.27. The zero-order valence-electron chi connectivity index (χ0n) is 16.2. The predicted octanol–water partition coefficient (Wildman–Crippen LogP) is 2.78. The van der Waals surface area contributed by atoms with Gasteiger partial charge in [-0.25, -0.2) is 4.98 Å². The van der Waals surface area contributed by atoms with E-state index < -0.39 is 0 Å². The molecule has 4 rings (SSSR count). The smallest absolute Gasteiger partial charge is 0.228 e. The molecule has 1 aromatic heterocycles. The van der Waals surface area contributed by atoms with Crippen LogP contribution in [-0.4, -0.2) is 40.8 Å². The van der Waals surface area contributed by atoms with Gasteiger partial charge >= 0.3 is 0 Å². The SMILES string of the molecule is Cc1ccc(NC(=O)C2CCN(C(=O)C3C4CCC(C4)C3N)CC2)nc1.Cl.Cl. The van der Waals surface area contributed by atoms with Crippen molar-refractivity contribution in [3.63, 3.8) is 0 Å². The molecule has 3 fully saturated rings. The summed E-state index contributed by atoms with van der Waals surface area (Å²) < 4.78 is 0. The number of anilines is 1. The van der Waals surface area contributed by atoms with Crippen LogP contribution in [0.25, 0.3) is 0 Å². The van der Waals surface area contributed by atoms with E-state index in [1.807, 2.05) is 24.0 Å². The number of aromatic nitrogens is 1. The number of nitrogens with one attached hydrogen (secondary N) is 1. The van der Waals surface area contributed by atoms with Crippen molar-refractivity contribution in [3.05, 3.63) is 23.9 Å². The van der Waals surface area contributed by atoms with Crippen LogP contribution in [0.1, 0.15) is 37.7 Å². The van der Waals surface area contributed by atoms with Gasteiger partial charge in [-0.05, 0) is 62.5 Å². The highest BCUT2D eigenvalue weighted by molar-refractivity contribution is 5.92. The summed E-state index contributed by atoms with van der Waals surface area (Å²) in [6, 6.07) is 3.79. The number of rotatable bonds is 3. The van der Waals surface area contributed by atoms with Gasteiger partial charge in [0.1, 0.15) is 5.82 Å². The van der Waals surface area contributed by atoms with E-state index in [4.69, 9.17) is 5.73 Å². The van der Waals surface area contributed by atoms with Crippen molar-refractivity contribution in [1.29, 1.82) is 0 Å². The minimum Gasteiger partial charge on any atom is -0.342 e. The largest absolute Gasteiger partial charge is 0.342 e. The summed E-state index contributed by atoms with van der Waals surface area (Å²) in [5.74, 6) is 1.79. The molecule has 4 unspecified atom stereocenters. The Kier molecular flexibility index (Phi) is 7.71. The first-order chi connectivity index (χ1) is 12.5. The van der Waals surface area contributed by atoms with Gasteiger partial charge in [0.15, 0.2) is 0 Å². The minimum absolute atomic E-state index is 0. The average molecular weight is 429 g/mol. The molecule has 3 N–H and O–H groups in total. The van der Waals surface area contributed by atoms with Crippen LogP contribution in [0, 0.1) is 30.6 Å². The summed E-state index contributed by atoms with van der Waals surface area (Å²) in [7, 11) is 0. The Bertz CT molecular complexity index is 690. The lowest BCUT2D eigenvalue weighted by molar-refractivity contribution is -0.140. The summed E-state index contributed by atoms with van der Waals surface area (Å²) in [5.41, 5.74) is 7.39. The fourth-order valence-electron chi connectivity index (χ4n) is 5.05. The van der Waals surface area contributed by atoms with Crippen LogP contribution < -0.4 is 11.1 Å². The number of hydrogen-bond donors (Lipinski definition) is 2. The topological polar surface area (TPSA) is 88.3 Å². The summed E-state index contributed by atoms with van der Waals surface area (Å²) in [4.78, 5) is 31.6. The number of pyridine rings is 1. The Hall–Kier alpha value is -1.37. The van der Waals surface area contributed by atoms with Gasteiger partial charge in [0.2, 0.25) is 11.8 Å². The quantitative estimate of drug-likeness (QED) is 0.774. The summed E-state index contributed by atoms with van der Waals surface area (Å²) in [6.07, 6.45) is 6.62.